The van der Waals surface area contributed by atoms with E-state index in [4.69, 9.17) is 9.47 Å². The molecule has 4 atom stereocenters. The molecular formula is C14H16BrNO5. The SMILES string of the molecule is CC(C)(Br)C(=O)OCCN1C(=O)[C@@H]2[C@H](C1=O)[C@@H]1C=C[C@H]2O1. The summed E-state index contributed by atoms with van der Waals surface area (Å²) in [6.45, 7) is 3.45. The van der Waals surface area contributed by atoms with E-state index in [0.29, 0.717) is 0 Å². The first-order valence-corrected chi connectivity index (χ1v) is 7.65. The van der Waals surface area contributed by atoms with Gasteiger partial charge in [-0.05, 0) is 13.8 Å². The fraction of sp³-hybridized carbons (Fsp3) is 0.643. The molecule has 3 rings (SSSR count). The van der Waals surface area contributed by atoms with E-state index in [1.54, 1.807) is 13.8 Å². The number of halogens is 1. The number of ether oxygens (including phenoxy) is 2. The lowest BCUT2D eigenvalue weighted by Crippen LogP contribution is -2.38. The summed E-state index contributed by atoms with van der Waals surface area (Å²) in [5.41, 5.74) is 0. The molecule has 0 aliphatic carbocycles. The van der Waals surface area contributed by atoms with Crippen molar-refractivity contribution in [2.75, 3.05) is 13.2 Å². The Morgan fingerprint density at radius 1 is 1.29 bits per heavy atom. The van der Waals surface area contributed by atoms with Crippen LogP contribution in [-0.4, -0.2) is 52.4 Å². The lowest BCUT2D eigenvalue weighted by Gasteiger charge is -2.19. The van der Waals surface area contributed by atoms with Gasteiger partial charge in [-0.3, -0.25) is 19.3 Å². The molecule has 7 heteroatoms. The molecule has 2 saturated heterocycles. The average molecular weight is 358 g/mol. The monoisotopic (exact) mass is 357 g/mol. The Balaban J connectivity index is 1.60. The highest BCUT2D eigenvalue weighted by atomic mass is 79.9. The minimum atomic E-state index is -0.778. The van der Waals surface area contributed by atoms with Crippen LogP contribution in [0.4, 0.5) is 0 Å². The molecule has 2 bridgehead atoms. The van der Waals surface area contributed by atoms with Crippen LogP contribution in [-0.2, 0) is 23.9 Å². The summed E-state index contributed by atoms with van der Waals surface area (Å²) in [6, 6.07) is 0. The van der Waals surface area contributed by atoms with Gasteiger partial charge in [0.05, 0.1) is 30.6 Å². The number of rotatable bonds is 4. The van der Waals surface area contributed by atoms with Gasteiger partial charge in [-0.25, -0.2) is 0 Å². The van der Waals surface area contributed by atoms with E-state index in [9.17, 15) is 14.4 Å². The van der Waals surface area contributed by atoms with Gasteiger partial charge >= 0.3 is 5.97 Å². The molecule has 2 amide bonds. The van der Waals surface area contributed by atoms with Crippen molar-refractivity contribution in [1.29, 1.82) is 0 Å². The molecule has 0 N–H and O–H groups in total. The van der Waals surface area contributed by atoms with E-state index in [1.807, 2.05) is 12.2 Å². The molecule has 0 saturated carbocycles. The zero-order valence-electron chi connectivity index (χ0n) is 11.7. The molecule has 3 heterocycles. The summed E-state index contributed by atoms with van der Waals surface area (Å²) in [5.74, 6) is -1.69. The smallest absolute Gasteiger partial charge is 0.322 e. The second-order valence-electron chi connectivity index (χ2n) is 5.94. The number of nitrogens with zero attached hydrogens (tertiary/aromatic N) is 1. The van der Waals surface area contributed by atoms with Crippen LogP contribution in [0.2, 0.25) is 0 Å². The molecule has 0 radical (unpaired) electrons. The molecule has 0 unspecified atom stereocenters. The maximum atomic E-state index is 12.3. The Bertz CT molecular complexity index is 508. The summed E-state index contributed by atoms with van der Waals surface area (Å²) in [5, 5.41) is 0. The van der Waals surface area contributed by atoms with Crippen LogP contribution in [0.3, 0.4) is 0 Å². The molecule has 114 valence electrons. The molecular weight excluding hydrogens is 342 g/mol. The number of amides is 2. The minimum absolute atomic E-state index is 0.00834. The number of hydrogen-bond donors (Lipinski definition) is 0. The van der Waals surface area contributed by atoms with E-state index in [1.165, 1.54) is 4.90 Å². The number of alkyl halides is 1. The van der Waals surface area contributed by atoms with E-state index < -0.39 is 22.1 Å². The zero-order valence-corrected chi connectivity index (χ0v) is 13.3. The summed E-state index contributed by atoms with van der Waals surface area (Å²) in [4.78, 5) is 37.4. The first kappa shape index (κ1) is 14.7. The Labute approximate surface area is 130 Å². The van der Waals surface area contributed by atoms with Crippen LogP contribution in [0.1, 0.15) is 13.8 Å². The quantitative estimate of drug-likeness (QED) is 0.319. The lowest BCUT2D eigenvalue weighted by molar-refractivity contribution is -0.150. The normalized spacial score (nSPS) is 33.8. The number of fused-ring (bicyclic) bond motifs is 5. The predicted molar refractivity (Wildman–Crippen MR) is 75.5 cm³/mol. The van der Waals surface area contributed by atoms with Crippen LogP contribution in [0, 0.1) is 11.8 Å². The molecule has 6 nitrogen and oxygen atoms in total. The van der Waals surface area contributed by atoms with Crippen molar-refractivity contribution in [3.8, 4) is 0 Å². The molecule has 2 fully saturated rings. The third kappa shape index (κ3) is 2.32. The van der Waals surface area contributed by atoms with E-state index >= 15 is 0 Å². The van der Waals surface area contributed by atoms with Gasteiger partial charge in [0.1, 0.15) is 10.9 Å². The number of esters is 1. The standard InChI is InChI=1S/C14H16BrNO5/c1-14(2,15)13(19)20-6-5-16-11(17)9-7-3-4-8(21-7)10(9)12(16)18/h3-4,7-10H,5-6H2,1-2H3/t7-,8+,9+,10-. The summed E-state index contributed by atoms with van der Waals surface area (Å²) < 4.78 is 9.84. The fourth-order valence-corrected chi connectivity index (χ4v) is 3.10. The first-order valence-electron chi connectivity index (χ1n) is 6.86. The van der Waals surface area contributed by atoms with Crippen LogP contribution in [0.25, 0.3) is 0 Å². The Hall–Kier alpha value is -1.21. The van der Waals surface area contributed by atoms with Gasteiger partial charge < -0.3 is 9.47 Å². The number of likely N-dealkylation sites (tertiary alicyclic amines) is 1. The molecule has 0 aromatic heterocycles. The van der Waals surface area contributed by atoms with Gasteiger partial charge in [-0.15, -0.1) is 0 Å². The summed E-state index contributed by atoms with van der Waals surface area (Å²) in [6.07, 6.45) is 3.11. The van der Waals surface area contributed by atoms with Gasteiger partial charge in [-0.1, -0.05) is 28.1 Å². The molecule has 3 aliphatic heterocycles. The molecule has 0 aromatic rings. The van der Waals surface area contributed by atoms with Gasteiger partial charge in [0, 0.05) is 0 Å². The van der Waals surface area contributed by atoms with Gasteiger partial charge in [0.15, 0.2) is 0 Å². The highest BCUT2D eigenvalue weighted by Crippen LogP contribution is 2.44. The van der Waals surface area contributed by atoms with Crippen molar-refractivity contribution >= 4 is 33.7 Å². The van der Waals surface area contributed by atoms with Crippen molar-refractivity contribution in [1.82, 2.24) is 4.90 Å². The summed E-state index contributed by atoms with van der Waals surface area (Å²) in [7, 11) is 0. The second kappa shape index (κ2) is 4.91. The molecule has 0 spiro atoms. The van der Waals surface area contributed by atoms with Crippen molar-refractivity contribution < 1.29 is 23.9 Å². The molecule has 3 aliphatic rings. The average Bonchev–Trinajstić information content (AvgIpc) is 3.06. The molecule has 0 aromatic carbocycles. The van der Waals surface area contributed by atoms with E-state index in [-0.39, 0.29) is 37.2 Å². The predicted octanol–water partition coefficient (Wildman–Crippen LogP) is 0.641. The van der Waals surface area contributed by atoms with E-state index in [2.05, 4.69) is 15.9 Å². The maximum absolute atomic E-state index is 12.3. The maximum Gasteiger partial charge on any atom is 0.322 e. The Morgan fingerprint density at radius 3 is 2.29 bits per heavy atom. The van der Waals surface area contributed by atoms with Gasteiger partial charge in [0.2, 0.25) is 11.8 Å². The largest absolute Gasteiger partial charge is 0.463 e. The lowest BCUT2D eigenvalue weighted by atomic mass is 9.85. The fourth-order valence-electron chi connectivity index (χ4n) is 2.99. The number of carbonyl (C=O) groups is 3. The van der Waals surface area contributed by atoms with Crippen molar-refractivity contribution in [3.05, 3.63) is 12.2 Å². The zero-order chi connectivity index (χ0) is 15.4. The van der Waals surface area contributed by atoms with Crippen LogP contribution < -0.4 is 0 Å². The first-order chi connectivity index (χ1) is 9.80. The van der Waals surface area contributed by atoms with Crippen molar-refractivity contribution in [3.63, 3.8) is 0 Å². The van der Waals surface area contributed by atoms with Crippen LogP contribution >= 0.6 is 15.9 Å². The Morgan fingerprint density at radius 2 is 1.81 bits per heavy atom. The van der Waals surface area contributed by atoms with Crippen molar-refractivity contribution in [2.24, 2.45) is 11.8 Å². The van der Waals surface area contributed by atoms with Crippen LogP contribution in [0.15, 0.2) is 12.2 Å². The van der Waals surface area contributed by atoms with E-state index in [0.717, 1.165) is 0 Å². The van der Waals surface area contributed by atoms with Gasteiger partial charge in [0.25, 0.3) is 0 Å². The topological polar surface area (TPSA) is 72.9 Å². The summed E-state index contributed by atoms with van der Waals surface area (Å²) >= 11 is 3.20. The highest BCUT2D eigenvalue weighted by molar-refractivity contribution is 9.10. The van der Waals surface area contributed by atoms with Crippen LogP contribution in [0.5, 0.6) is 0 Å². The van der Waals surface area contributed by atoms with Crippen molar-refractivity contribution in [2.45, 2.75) is 30.4 Å². The highest BCUT2D eigenvalue weighted by Gasteiger charge is 2.60. The number of imide groups is 1. The minimum Gasteiger partial charge on any atom is -0.463 e. The second-order valence-corrected chi connectivity index (χ2v) is 7.92. The number of hydrogen-bond acceptors (Lipinski definition) is 5. The third-order valence-electron chi connectivity index (χ3n) is 4.04. The van der Waals surface area contributed by atoms with Gasteiger partial charge in [-0.2, -0.15) is 0 Å². The Kier molecular flexibility index (Phi) is 3.44. The number of carbonyl (C=O) groups excluding carboxylic acids is 3. The molecule has 21 heavy (non-hydrogen) atoms. The third-order valence-corrected chi connectivity index (χ3v) is 4.36.